The first-order valence-electron chi connectivity index (χ1n) is 8.64. The van der Waals surface area contributed by atoms with Crippen LogP contribution in [0.2, 0.25) is 0 Å². The second kappa shape index (κ2) is 6.34. The van der Waals surface area contributed by atoms with Gasteiger partial charge in [0.2, 0.25) is 11.8 Å². The summed E-state index contributed by atoms with van der Waals surface area (Å²) in [5.41, 5.74) is 0.646. The zero-order valence-electron chi connectivity index (χ0n) is 14.0. The van der Waals surface area contributed by atoms with E-state index in [0.717, 1.165) is 18.4 Å². The molecule has 23 heavy (non-hydrogen) atoms. The summed E-state index contributed by atoms with van der Waals surface area (Å²) in [4.78, 5) is 26.9. The topological polar surface area (TPSA) is 49.4 Å². The molecule has 1 atom stereocenters. The van der Waals surface area contributed by atoms with Crippen LogP contribution in [0.5, 0.6) is 0 Å². The summed E-state index contributed by atoms with van der Waals surface area (Å²) in [6, 6.07) is 10.3. The lowest BCUT2D eigenvalue weighted by atomic mass is 9.93. The Balaban J connectivity index is 1.63. The van der Waals surface area contributed by atoms with Gasteiger partial charge in [0, 0.05) is 19.0 Å². The van der Waals surface area contributed by atoms with Gasteiger partial charge in [-0.15, -0.1) is 0 Å². The molecule has 0 spiro atoms. The van der Waals surface area contributed by atoms with Crippen molar-refractivity contribution >= 4 is 11.8 Å². The normalized spacial score (nSPS) is 22.6. The third-order valence-electron chi connectivity index (χ3n) is 5.23. The van der Waals surface area contributed by atoms with Crippen LogP contribution in [0.4, 0.5) is 0 Å². The smallest absolute Gasteiger partial charge is 0.226 e. The van der Waals surface area contributed by atoms with E-state index in [9.17, 15) is 9.59 Å². The molecule has 1 saturated carbocycles. The van der Waals surface area contributed by atoms with E-state index < -0.39 is 5.54 Å². The van der Waals surface area contributed by atoms with Gasteiger partial charge < -0.3 is 10.2 Å². The van der Waals surface area contributed by atoms with E-state index in [1.807, 2.05) is 49.1 Å². The minimum atomic E-state index is -0.428. The van der Waals surface area contributed by atoms with Crippen LogP contribution in [0.25, 0.3) is 0 Å². The number of nitrogens with zero attached hydrogens (tertiary/aromatic N) is 1. The molecule has 1 heterocycles. The number of carbonyl (C=O) groups excluding carboxylic acids is 2. The summed E-state index contributed by atoms with van der Waals surface area (Å²) >= 11 is 0. The van der Waals surface area contributed by atoms with Gasteiger partial charge in [0.15, 0.2) is 0 Å². The summed E-state index contributed by atoms with van der Waals surface area (Å²) in [5.74, 6) is -0.0756. The van der Waals surface area contributed by atoms with Gasteiger partial charge in [-0.1, -0.05) is 43.2 Å². The first-order valence-corrected chi connectivity index (χ1v) is 8.64. The Morgan fingerprint density at radius 2 is 1.83 bits per heavy atom. The first-order chi connectivity index (χ1) is 11.0. The number of carbonyl (C=O) groups is 2. The first kappa shape index (κ1) is 16.0. The number of likely N-dealkylation sites (tertiary alicyclic amines) is 1. The van der Waals surface area contributed by atoms with Crippen LogP contribution in [-0.4, -0.2) is 29.3 Å². The van der Waals surface area contributed by atoms with Crippen LogP contribution in [-0.2, 0) is 15.1 Å². The summed E-state index contributed by atoms with van der Waals surface area (Å²) < 4.78 is 0. The molecule has 4 heteroatoms. The van der Waals surface area contributed by atoms with Crippen molar-refractivity contribution in [1.29, 1.82) is 0 Å². The Labute approximate surface area is 138 Å². The van der Waals surface area contributed by atoms with Crippen LogP contribution in [0.15, 0.2) is 30.3 Å². The standard InChI is InChI=1S/C19H26N2O2/c1-19(2,15-8-4-3-5-9-15)20-18(23)14-12-17(22)21(13-14)16-10-6-7-11-16/h3-5,8-9,14,16H,6-7,10-13H2,1-2H3,(H,20,23). The monoisotopic (exact) mass is 314 g/mol. The molecular weight excluding hydrogens is 288 g/mol. The lowest BCUT2D eigenvalue weighted by Gasteiger charge is -2.29. The van der Waals surface area contributed by atoms with Crippen molar-refractivity contribution < 1.29 is 9.59 Å². The fraction of sp³-hybridized carbons (Fsp3) is 0.579. The minimum Gasteiger partial charge on any atom is -0.347 e. The molecule has 2 amide bonds. The number of amides is 2. The zero-order chi connectivity index (χ0) is 16.4. The maximum Gasteiger partial charge on any atom is 0.226 e. The Kier molecular flexibility index (Phi) is 4.42. The molecule has 2 fully saturated rings. The number of benzene rings is 1. The molecule has 1 aliphatic heterocycles. The highest BCUT2D eigenvalue weighted by Crippen LogP contribution is 2.30. The molecule has 0 aromatic heterocycles. The molecule has 1 aromatic carbocycles. The summed E-state index contributed by atoms with van der Waals surface area (Å²) in [7, 11) is 0. The van der Waals surface area contributed by atoms with Gasteiger partial charge in [0.1, 0.15) is 0 Å². The second-order valence-electron chi connectivity index (χ2n) is 7.37. The van der Waals surface area contributed by atoms with Gasteiger partial charge in [-0.25, -0.2) is 0 Å². The Morgan fingerprint density at radius 3 is 2.48 bits per heavy atom. The van der Waals surface area contributed by atoms with Crippen LogP contribution in [0.3, 0.4) is 0 Å². The number of hydrogen-bond acceptors (Lipinski definition) is 2. The predicted octanol–water partition coefficient (Wildman–Crippen LogP) is 2.83. The van der Waals surface area contributed by atoms with Gasteiger partial charge in [-0.05, 0) is 32.3 Å². The van der Waals surface area contributed by atoms with E-state index in [-0.39, 0.29) is 17.7 Å². The summed E-state index contributed by atoms with van der Waals surface area (Å²) in [6.45, 7) is 4.59. The van der Waals surface area contributed by atoms with Crippen LogP contribution < -0.4 is 5.32 Å². The van der Waals surface area contributed by atoms with Crippen molar-refractivity contribution in [2.45, 2.75) is 57.5 Å². The molecule has 3 rings (SSSR count). The van der Waals surface area contributed by atoms with Gasteiger partial charge >= 0.3 is 0 Å². The van der Waals surface area contributed by atoms with Crippen LogP contribution in [0, 0.1) is 5.92 Å². The van der Waals surface area contributed by atoms with Gasteiger partial charge in [-0.2, -0.15) is 0 Å². The molecule has 1 saturated heterocycles. The van der Waals surface area contributed by atoms with E-state index in [4.69, 9.17) is 0 Å². The lowest BCUT2D eigenvalue weighted by Crippen LogP contribution is -2.45. The number of nitrogens with one attached hydrogen (secondary N) is 1. The zero-order valence-corrected chi connectivity index (χ0v) is 14.0. The molecular formula is C19H26N2O2. The van der Waals surface area contributed by atoms with Crippen LogP contribution >= 0.6 is 0 Å². The molecule has 1 N–H and O–H groups in total. The molecule has 1 aliphatic carbocycles. The molecule has 2 aliphatic rings. The highest BCUT2D eigenvalue weighted by atomic mass is 16.2. The average molecular weight is 314 g/mol. The average Bonchev–Trinajstić information content (AvgIpc) is 3.17. The maximum atomic E-state index is 12.7. The lowest BCUT2D eigenvalue weighted by molar-refractivity contribution is -0.130. The van der Waals surface area contributed by atoms with E-state index in [1.165, 1.54) is 12.8 Å². The number of rotatable bonds is 4. The van der Waals surface area contributed by atoms with Gasteiger partial charge in [-0.3, -0.25) is 9.59 Å². The van der Waals surface area contributed by atoms with Gasteiger partial charge in [0.05, 0.1) is 11.5 Å². The van der Waals surface area contributed by atoms with E-state index >= 15 is 0 Å². The highest BCUT2D eigenvalue weighted by Gasteiger charge is 2.39. The Bertz CT molecular complexity index is 576. The van der Waals surface area contributed by atoms with Crippen molar-refractivity contribution in [3.05, 3.63) is 35.9 Å². The molecule has 0 bridgehead atoms. The highest BCUT2D eigenvalue weighted by molar-refractivity contribution is 5.89. The fourth-order valence-electron chi connectivity index (χ4n) is 3.81. The molecule has 0 radical (unpaired) electrons. The number of hydrogen-bond donors (Lipinski definition) is 1. The molecule has 4 nitrogen and oxygen atoms in total. The third kappa shape index (κ3) is 3.41. The van der Waals surface area contributed by atoms with E-state index in [0.29, 0.717) is 19.0 Å². The second-order valence-corrected chi connectivity index (χ2v) is 7.37. The van der Waals surface area contributed by atoms with Crippen LogP contribution in [0.1, 0.15) is 51.5 Å². The quantitative estimate of drug-likeness (QED) is 0.929. The van der Waals surface area contributed by atoms with Crippen molar-refractivity contribution in [2.75, 3.05) is 6.54 Å². The van der Waals surface area contributed by atoms with E-state index in [2.05, 4.69) is 5.32 Å². The molecule has 1 aromatic rings. The molecule has 124 valence electrons. The van der Waals surface area contributed by atoms with Crippen molar-refractivity contribution in [3.63, 3.8) is 0 Å². The minimum absolute atomic E-state index is 0.00676. The Hall–Kier alpha value is -1.84. The Morgan fingerprint density at radius 1 is 1.17 bits per heavy atom. The largest absolute Gasteiger partial charge is 0.347 e. The van der Waals surface area contributed by atoms with Crippen molar-refractivity contribution in [1.82, 2.24) is 10.2 Å². The molecule has 1 unspecified atom stereocenters. The summed E-state index contributed by atoms with van der Waals surface area (Å²) in [5, 5.41) is 3.13. The summed E-state index contributed by atoms with van der Waals surface area (Å²) in [6.07, 6.45) is 4.94. The van der Waals surface area contributed by atoms with E-state index in [1.54, 1.807) is 0 Å². The van der Waals surface area contributed by atoms with Crippen molar-refractivity contribution in [2.24, 2.45) is 5.92 Å². The fourth-order valence-corrected chi connectivity index (χ4v) is 3.81. The maximum absolute atomic E-state index is 12.7. The van der Waals surface area contributed by atoms with Crippen molar-refractivity contribution in [3.8, 4) is 0 Å². The SMILES string of the molecule is CC(C)(NC(=O)C1CC(=O)N(C2CCCC2)C1)c1ccccc1. The predicted molar refractivity (Wildman–Crippen MR) is 89.7 cm³/mol. The van der Waals surface area contributed by atoms with Gasteiger partial charge in [0.25, 0.3) is 0 Å². The third-order valence-corrected chi connectivity index (χ3v) is 5.23.